The van der Waals surface area contributed by atoms with Crippen LogP contribution in [-0.2, 0) is 6.42 Å². The summed E-state index contributed by atoms with van der Waals surface area (Å²) in [5.41, 5.74) is 1.23. The molecule has 0 bridgehead atoms. The van der Waals surface area contributed by atoms with E-state index in [1.807, 2.05) is 24.6 Å². The molecule has 0 spiro atoms. The van der Waals surface area contributed by atoms with Crippen LogP contribution >= 0.6 is 22.7 Å². The number of hydrogen-bond donors (Lipinski definition) is 1. The summed E-state index contributed by atoms with van der Waals surface area (Å²) in [4.78, 5) is 17.4. The Hall–Kier alpha value is -2.91. The molecular formula is C19H14F2N4OS2. The van der Waals surface area contributed by atoms with Crippen molar-refractivity contribution in [1.29, 1.82) is 0 Å². The second-order valence-electron chi connectivity index (χ2n) is 5.82. The Morgan fingerprint density at radius 1 is 1.21 bits per heavy atom. The molecule has 1 N–H and O–H groups in total. The van der Waals surface area contributed by atoms with Gasteiger partial charge in [0.2, 0.25) is 5.13 Å². The van der Waals surface area contributed by atoms with Gasteiger partial charge in [0, 0.05) is 28.2 Å². The lowest BCUT2D eigenvalue weighted by Gasteiger charge is -2.04. The number of carbonyl (C=O) groups excluding carboxylic acids is 1. The van der Waals surface area contributed by atoms with Crippen molar-refractivity contribution in [3.63, 3.8) is 0 Å². The molecule has 0 saturated heterocycles. The third-order valence-electron chi connectivity index (χ3n) is 4.04. The van der Waals surface area contributed by atoms with Crippen LogP contribution in [0.2, 0.25) is 0 Å². The Labute approximate surface area is 167 Å². The lowest BCUT2D eigenvalue weighted by molar-refractivity contribution is 0.101. The van der Waals surface area contributed by atoms with Crippen molar-refractivity contribution in [1.82, 2.24) is 14.8 Å². The molecule has 9 heteroatoms. The van der Waals surface area contributed by atoms with E-state index in [4.69, 9.17) is 0 Å². The molecule has 3 aromatic heterocycles. The molecule has 4 rings (SSSR count). The van der Waals surface area contributed by atoms with Crippen molar-refractivity contribution in [3.8, 4) is 15.6 Å². The molecule has 0 fully saturated rings. The Bertz CT molecular complexity index is 1110. The number of amides is 1. The van der Waals surface area contributed by atoms with Crippen LogP contribution in [0.25, 0.3) is 15.6 Å². The average molecular weight is 416 g/mol. The van der Waals surface area contributed by atoms with Crippen LogP contribution in [-0.4, -0.2) is 20.7 Å². The Balaban J connectivity index is 1.61. The maximum atomic E-state index is 13.8. The molecule has 0 saturated carbocycles. The van der Waals surface area contributed by atoms with E-state index in [0.717, 1.165) is 39.8 Å². The van der Waals surface area contributed by atoms with Gasteiger partial charge in [-0.2, -0.15) is 5.10 Å². The summed E-state index contributed by atoms with van der Waals surface area (Å²) in [6.45, 7) is 2.01. The molecule has 5 nitrogen and oxygen atoms in total. The predicted molar refractivity (Wildman–Crippen MR) is 106 cm³/mol. The predicted octanol–water partition coefficient (Wildman–Crippen LogP) is 5.15. The minimum absolute atomic E-state index is 0.492. The lowest BCUT2D eigenvalue weighted by Crippen LogP contribution is -2.14. The van der Waals surface area contributed by atoms with Crippen molar-refractivity contribution in [2.24, 2.45) is 0 Å². The van der Waals surface area contributed by atoms with Crippen LogP contribution in [0.5, 0.6) is 0 Å². The number of thiophene rings is 1. The molecule has 0 aliphatic carbocycles. The highest BCUT2D eigenvalue weighted by atomic mass is 32.1. The normalized spacial score (nSPS) is 11.0. The molecule has 28 heavy (non-hydrogen) atoms. The molecular weight excluding hydrogens is 402 g/mol. The van der Waals surface area contributed by atoms with E-state index in [1.165, 1.54) is 28.7 Å². The van der Waals surface area contributed by atoms with Crippen LogP contribution in [0.15, 0.2) is 48.1 Å². The number of nitrogens with one attached hydrogen (secondary N) is 1. The first kappa shape index (κ1) is 18.5. The van der Waals surface area contributed by atoms with E-state index in [-0.39, 0.29) is 0 Å². The zero-order valence-corrected chi connectivity index (χ0v) is 16.3. The molecule has 0 aliphatic rings. The number of carbonyl (C=O) groups is 1. The number of thiazole rings is 1. The van der Waals surface area contributed by atoms with Crippen molar-refractivity contribution in [2.75, 3.05) is 5.32 Å². The van der Waals surface area contributed by atoms with Gasteiger partial charge in [0.05, 0.1) is 10.7 Å². The molecule has 4 aromatic rings. The van der Waals surface area contributed by atoms with E-state index in [1.54, 1.807) is 16.9 Å². The summed E-state index contributed by atoms with van der Waals surface area (Å²) in [6.07, 6.45) is 4.34. The number of aromatic nitrogens is 3. The van der Waals surface area contributed by atoms with Crippen molar-refractivity contribution < 1.29 is 13.6 Å². The Morgan fingerprint density at radius 2 is 2.00 bits per heavy atom. The van der Waals surface area contributed by atoms with E-state index in [2.05, 4.69) is 15.4 Å². The standard InChI is InChI=1S/C19H14F2N4OS2/c1-2-14-11(10-25(24-14)19-22-8-9-27-19)15-6-7-16(28-15)23-18(26)17-12(20)4-3-5-13(17)21/h3-10H,2H2,1H3,(H,23,26). The largest absolute Gasteiger partial charge is 0.313 e. The van der Waals surface area contributed by atoms with Crippen LogP contribution in [0.1, 0.15) is 23.0 Å². The van der Waals surface area contributed by atoms with Gasteiger partial charge in [0.25, 0.3) is 5.91 Å². The van der Waals surface area contributed by atoms with Gasteiger partial charge < -0.3 is 5.32 Å². The second kappa shape index (κ2) is 7.61. The number of halogens is 2. The lowest BCUT2D eigenvalue weighted by atomic mass is 10.2. The summed E-state index contributed by atoms with van der Waals surface area (Å²) in [5.74, 6) is -2.61. The summed E-state index contributed by atoms with van der Waals surface area (Å²) in [7, 11) is 0. The number of hydrogen-bond acceptors (Lipinski definition) is 5. The van der Waals surface area contributed by atoms with E-state index >= 15 is 0 Å². The van der Waals surface area contributed by atoms with Gasteiger partial charge in [-0.05, 0) is 30.7 Å². The summed E-state index contributed by atoms with van der Waals surface area (Å²) >= 11 is 2.80. The third kappa shape index (κ3) is 3.46. The van der Waals surface area contributed by atoms with Gasteiger partial charge in [-0.3, -0.25) is 4.79 Å². The monoisotopic (exact) mass is 416 g/mol. The maximum Gasteiger partial charge on any atom is 0.262 e. The quantitative estimate of drug-likeness (QED) is 0.489. The fourth-order valence-electron chi connectivity index (χ4n) is 2.74. The first-order chi connectivity index (χ1) is 13.6. The molecule has 0 unspecified atom stereocenters. The Kier molecular flexibility index (Phi) is 5.01. The van der Waals surface area contributed by atoms with Crippen molar-refractivity contribution >= 4 is 33.6 Å². The van der Waals surface area contributed by atoms with Gasteiger partial charge >= 0.3 is 0 Å². The second-order valence-corrected chi connectivity index (χ2v) is 7.77. The van der Waals surface area contributed by atoms with Crippen LogP contribution in [0, 0.1) is 11.6 Å². The highest BCUT2D eigenvalue weighted by molar-refractivity contribution is 7.19. The molecule has 0 atom stereocenters. The fraction of sp³-hybridized carbons (Fsp3) is 0.105. The minimum Gasteiger partial charge on any atom is -0.313 e. The number of rotatable bonds is 5. The number of aryl methyl sites for hydroxylation is 1. The first-order valence-electron chi connectivity index (χ1n) is 8.40. The zero-order valence-electron chi connectivity index (χ0n) is 14.6. The molecule has 0 aliphatic heterocycles. The molecule has 142 valence electrons. The summed E-state index contributed by atoms with van der Waals surface area (Å²) in [5, 5.41) is 10.3. The van der Waals surface area contributed by atoms with Gasteiger partial charge in [-0.25, -0.2) is 18.4 Å². The van der Waals surface area contributed by atoms with E-state index in [9.17, 15) is 13.6 Å². The molecule has 0 radical (unpaired) electrons. The maximum absolute atomic E-state index is 13.8. The SMILES string of the molecule is CCc1nn(-c2nccs2)cc1-c1ccc(NC(=O)c2c(F)cccc2F)s1. The topological polar surface area (TPSA) is 59.8 Å². The van der Waals surface area contributed by atoms with E-state index < -0.39 is 23.1 Å². The molecule has 1 amide bonds. The van der Waals surface area contributed by atoms with Crippen LogP contribution < -0.4 is 5.32 Å². The van der Waals surface area contributed by atoms with Gasteiger partial charge in [-0.15, -0.1) is 22.7 Å². The first-order valence-corrected chi connectivity index (χ1v) is 10.1. The smallest absolute Gasteiger partial charge is 0.262 e. The minimum atomic E-state index is -0.896. The fourth-order valence-corrected chi connectivity index (χ4v) is 4.24. The Morgan fingerprint density at radius 3 is 2.68 bits per heavy atom. The summed E-state index contributed by atoms with van der Waals surface area (Å²) in [6, 6.07) is 6.88. The van der Waals surface area contributed by atoms with Gasteiger partial charge in [0.15, 0.2) is 0 Å². The number of anilines is 1. The van der Waals surface area contributed by atoms with Crippen molar-refractivity contribution in [2.45, 2.75) is 13.3 Å². The van der Waals surface area contributed by atoms with Gasteiger partial charge in [-0.1, -0.05) is 13.0 Å². The van der Waals surface area contributed by atoms with Crippen LogP contribution in [0.3, 0.4) is 0 Å². The number of nitrogens with zero attached hydrogens (tertiary/aromatic N) is 3. The van der Waals surface area contributed by atoms with Crippen LogP contribution in [0.4, 0.5) is 13.8 Å². The van der Waals surface area contributed by atoms with Crippen molar-refractivity contribution in [3.05, 3.63) is 71.0 Å². The highest BCUT2D eigenvalue weighted by Gasteiger charge is 2.19. The number of benzene rings is 1. The molecule has 1 aromatic carbocycles. The molecule has 3 heterocycles. The third-order valence-corrected chi connectivity index (χ3v) is 5.83. The average Bonchev–Trinajstić information content (AvgIpc) is 3.41. The summed E-state index contributed by atoms with van der Waals surface area (Å²) < 4.78 is 29.3. The highest BCUT2D eigenvalue weighted by Crippen LogP contribution is 2.34. The van der Waals surface area contributed by atoms with Gasteiger partial charge in [0.1, 0.15) is 17.2 Å². The van der Waals surface area contributed by atoms with E-state index in [0.29, 0.717) is 5.00 Å². The zero-order chi connectivity index (χ0) is 19.7.